The Bertz CT molecular complexity index is 555. The quantitative estimate of drug-likeness (QED) is 0.450. The van der Waals surface area contributed by atoms with Crippen molar-refractivity contribution < 1.29 is 8.78 Å². The van der Waals surface area contributed by atoms with E-state index in [2.05, 4.69) is 13.8 Å². The maximum atomic E-state index is 14.4. The Morgan fingerprint density at radius 3 is 1.85 bits per heavy atom. The molecule has 0 aromatic heterocycles. The Morgan fingerprint density at radius 1 is 0.778 bits per heavy atom. The summed E-state index contributed by atoms with van der Waals surface area (Å²) in [6.07, 6.45) is 15.4. The smallest absolute Gasteiger partial charge is 0.129 e. The number of unbranched alkanes of at least 4 members (excludes halogenated alkanes) is 1. The largest absolute Gasteiger partial charge is 0.207 e. The average molecular weight is 377 g/mol. The minimum Gasteiger partial charge on any atom is -0.207 e. The number of hydrogen-bond donors (Lipinski definition) is 0. The van der Waals surface area contributed by atoms with E-state index in [0.29, 0.717) is 12.3 Å². The van der Waals surface area contributed by atoms with Gasteiger partial charge in [-0.1, -0.05) is 46.0 Å². The summed E-state index contributed by atoms with van der Waals surface area (Å²) in [4.78, 5) is 0. The van der Waals surface area contributed by atoms with Crippen LogP contribution in [0.25, 0.3) is 0 Å². The van der Waals surface area contributed by atoms with Gasteiger partial charge in [-0.3, -0.25) is 0 Å². The molecule has 2 saturated carbocycles. The van der Waals surface area contributed by atoms with Gasteiger partial charge < -0.3 is 0 Å². The van der Waals surface area contributed by atoms with Crippen molar-refractivity contribution in [2.75, 3.05) is 0 Å². The summed E-state index contributed by atoms with van der Waals surface area (Å²) in [6.45, 7) is 4.36. The molecule has 0 unspecified atom stereocenters. The molecule has 27 heavy (non-hydrogen) atoms. The third-order valence-electron chi connectivity index (χ3n) is 7.44. The summed E-state index contributed by atoms with van der Waals surface area (Å²) in [5.41, 5.74) is 1.19. The van der Waals surface area contributed by atoms with Crippen molar-refractivity contribution in [3.05, 3.63) is 34.9 Å². The third-order valence-corrected chi connectivity index (χ3v) is 7.44. The van der Waals surface area contributed by atoms with Crippen molar-refractivity contribution in [3.8, 4) is 0 Å². The van der Waals surface area contributed by atoms with Gasteiger partial charge in [-0.05, 0) is 92.7 Å². The number of benzene rings is 1. The van der Waals surface area contributed by atoms with E-state index >= 15 is 0 Å². The predicted octanol–water partition coefficient (Wildman–Crippen LogP) is 8.19. The van der Waals surface area contributed by atoms with Crippen LogP contribution in [0, 0.1) is 29.4 Å². The van der Waals surface area contributed by atoms with Crippen LogP contribution in [0.3, 0.4) is 0 Å². The highest BCUT2D eigenvalue weighted by atomic mass is 19.1. The molecule has 3 rings (SSSR count). The summed E-state index contributed by atoms with van der Waals surface area (Å²) in [6, 6.07) is 3.27. The van der Waals surface area contributed by atoms with Crippen LogP contribution in [0.15, 0.2) is 12.1 Å². The van der Waals surface area contributed by atoms with Crippen LogP contribution in [0.4, 0.5) is 8.78 Å². The first-order valence-electron chi connectivity index (χ1n) is 11.6. The highest BCUT2D eigenvalue weighted by Gasteiger charge is 2.31. The average Bonchev–Trinajstić information content (AvgIpc) is 2.68. The fraction of sp³-hybridized carbons (Fsp3) is 0.760. The second kappa shape index (κ2) is 10.0. The van der Waals surface area contributed by atoms with Crippen LogP contribution < -0.4 is 0 Å². The molecular weight excluding hydrogens is 338 g/mol. The Balaban J connectivity index is 1.53. The lowest BCUT2D eigenvalue weighted by Crippen LogP contribution is -2.25. The fourth-order valence-corrected chi connectivity index (χ4v) is 5.73. The van der Waals surface area contributed by atoms with Gasteiger partial charge in [-0.15, -0.1) is 0 Å². The summed E-state index contributed by atoms with van der Waals surface area (Å²) in [7, 11) is 0. The molecule has 0 radical (unpaired) electrons. The maximum Gasteiger partial charge on any atom is 0.129 e. The van der Waals surface area contributed by atoms with E-state index in [1.807, 2.05) is 0 Å². The van der Waals surface area contributed by atoms with Gasteiger partial charge in [-0.2, -0.15) is 0 Å². The van der Waals surface area contributed by atoms with Crippen molar-refractivity contribution in [1.82, 2.24) is 0 Å². The zero-order chi connectivity index (χ0) is 19.2. The standard InChI is InChI=1S/C25H38F2/c1-3-5-7-23-24(26)16-22(17-25(23)27)21-14-12-20(13-15-21)19-10-8-18(6-4-2)9-11-19/h16-21H,3-15H2,1-2H3/t18-,19-,20?,21?. The van der Waals surface area contributed by atoms with Gasteiger partial charge in [0.2, 0.25) is 0 Å². The van der Waals surface area contributed by atoms with E-state index in [1.165, 1.54) is 51.4 Å². The third kappa shape index (κ3) is 5.33. The van der Waals surface area contributed by atoms with Crippen LogP contribution in [0.1, 0.15) is 108 Å². The van der Waals surface area contributed by atoms with Crippen molar-refractivity contribution in [2.24, 2.45) is 17.8 Å². The van der Waals surface area contributed by atoms with E-state index in [1.54, 1.807) is 12.1 Å². The molecule has 152 valence electrons. The Kier molecular flexibility index (Phi) is 7.73. The summed E-state index contributed by atoms with van der Waals surface area (Å²) in [5.74, 6) is 2.43. The van der Waals surface area contributed by atoms with Crippen LogP contribution in [-0.4, -0.2) is 0 Å². The van der Waals surface area contributed by atoms with E-state index < -0.39 is 0 Å². The van der Waals surface area contributed by atoms with Gasteiger partial charge in [0.1, 0.15) is 11.6 Å². The molecule has 0 spiro atoms. The molecule has 1 aromatic rings. The summed E-state index contributed by atoms with van der Waals surface area (Å²) < 4.78 is 28.8. The van der Waals surface area contributed by atoms with Gasteiger partial charge >= 0.3 is 0 Å². The van der Waals surface area contributed by atoms with Crippen LogP contribution in [0.5, 0.6) is 0 Å². The molecular formula is C25H38F2. The van der Waals surface area contributed by atoms with Crippen LogP contribution in [-0.2, 0) is 6.42 Å². The summed E-state index contributed by atoms with van der Waals surface area (Å²) in [5, 5.41) is 0. The predicted molar refractivity (Wildman–Crippen MR) is 110 cm³/mol. The van der Waals surface area contributed by atoms with E-state index in [-0.39, 0.29) is 17.2 Å². The highest BCUT2D eigenvalue weighted by Crippen LogP contribution is 2.44. The molecule has 0 bridgehead atoms. The van der Waals surface area contributed by atoms with Crippen LogP contribution in [0.2, 0.25) is 0 Å². The Hall–Kier alpha value is -0.920. The lowest BCUT2D eigenvalue weighted by Gasteiger charge is -2.38. The number of halogens is 2. The first-order chi connectivity index (χ1) is 13.1. The fourth-order valence-electron chi connectivity index (χ4n) is 5.73. The van der Waals surface area contributed by atoms with Crippen molar-refractivity contribution in [2.45, 2.75) is 103 Å². The second-order valence-corrected chi connectivity index (χ2v) is 9.25. The molecule has 0 amide bonds. The summed E-state index contributed by atoms with van der Waals surface area (Å²) >= 11 is 0. The molecule has 0 aliphatic heterocycles. The molecule has 2 fully saturated rings. The minimum atomic E-state index is -0.324. The first-order valence-corrected chi connectivity index (χ1v) is 11.6. The van der Waals surface area contributed by atoms with Crippen molar-refractivity contribution >= 4 is 0 Å². The molecule has 0 N–H and O–H groups in total. The molecule has 2 aliphatic rings. The van der Waals surface area contributed by atoms with E-state index in [4.69, 9.17) is 0 Å². The van der Waals surface area contributed by atoms with E-state index in [9.17, 15) is 8.78 Å². The molecule has 1 aromatic carbocycles. The zero-order valence-corrected chi connectivity index (χ0v) is 17.4. The maximum absolute atomic E-state index is 14.4. The number of hydrogen-bond acceptors (Lipinski definition) is 0. The SMILES string of the molecule is CCCCc1c(F)cc(C2CCC([C@H]3CC[C@H](CCC)CC3)CC2)cc1F. The van der Waals surface area contributed by atoms with Crippen LogP contribution >= 0.6 is 0 Å². The van der Waals surface area contributed by atoms with Gasteiger partial charge in [0.25, 0.3) is 0 Å². The van der Waals surface area contributed by atoms with Gasteiger partial charge in [0.15, 0.2) is 0 Å². The van der Waals surface area contributed by atoms with E-state index in [0.717, 1.165) is 49.0 Å². The highest BCUT2D eigenvalue weighted by molar-refractivity contribution is 5.29. The molecule has 0 nitrogen and oxygen atoms in total. The minimum absolute atomic E-state index is 0.290. The topological polar surface area (TPSA) is 0 Å². The van der Waals surface area contributed by atoms with Gasteiger partial charge in [-0.25, -0.2) is 8.78 Å². The molecule has 2 heteroatoms. The lowest BCUT2D eigenvalue weighted by atomic mass is 9.68. The molecule has 2 aliphatic carbocycles. The van der Waals surface area contributed by atoms with Crippen molar-refractivity contribution in [1.29, 1.82) is 0 Å². The Morgan fingerprint density at radius 2 is 1.33 bits per heavy atom. The second-order valence-electron chi connectivity index (χ2n) is 9.25. The monoisotopic (exact) mass is 376 g/mol. The van der Waals surface area contributed by atoms with Gasteiger partial charge in [0.05, 0.1) is 0 Å². The molecule has 0 saturated heterocycles. The first kappa shape index (κ1) is 20.8. The normalized spacial score (nSPS) is 29.0. The molecule has 0 atom stereocenters. The molecule has 0 heterocycles. The van der Waals surface area contributed by atoms with Gasteiger partial charge in [0, 0.05) is 5.56 Å². The van der Waals surface area contributed by atoms with Crippen molar-refractivity contribution in [3.63, 3.8) is 0 Å². The number of rotatable bonds is 7. The zero-order valence-electron chi connectivity index (χ0n) is 17.4. The Labute approximate surface area is 165 Å². The lowest BCUT2D eigenvalue weighted by molar-refractivity contribution is 0.156.